The molecule has 8 heteroatoms. The Kier molecular flexibility index (Phi) is 6.64. The number of anilines is 1. The zero-order chi connectivity index (χ0) is 21.0. The zero-order valence-corrected chi connectivity index (χ0v) is 18.0. The largest absolute Gasteiger partial charge is 0.352 e. The smallest absolute Gasteiger partial charge is 0.228 e. The van der Waals surface area contributed by atoms with E-state index in [1.807, 2.05) is 38.1 Å². The first-order valence-electron chi connectivity index (χ1n) is 9.37. The van der Waals surface area contributed by atoms with Crippen molar-refractivity contribution in [1.82, 2.24) is 5.32 Å². The first-order valence-corrected chi connectivity index (χ1v) is 12.0. The van der Waals surface area contributed by atoms with Crippen molar-refractivity contribution in [3.63, 3.8) is 0 Å². The summed E-state index contributed by atoms with van der Waals surface area (Å²) in [7, 11) is -3.64. The van der Waals surface area contributed by atoms with Gasteiger partial charge in [-0.3, -0.25) is 9.59 Å². The van der Waals surface area contributed by atoms with Gasteiger partial charge < -0.3 is 10.6 Å². The van der Waals surface area contributed by atoms with Gasteiger partial charge in [0, 0.05) is 29.5 Å². The molecule has 29 heavy (non-hydrogen) atoms. The maximum absolute atomic E-state index is 12.7. The molecule has 0 unspecified atom stereocenters. The van der Waals surface area contributed by atoms with Crippen LogP contribution in [0.25, 0.3) is 0 Å². The van der Waals surface area contributed by atoms with Gasteiger partial charge in [-0.05, 0) is 30.7 Å². The van der Waals surface area contributed by atoms with E-state index in [9.17, 15) is 18.0 Å². The second kappa shape index (κ2) is 9.00. The fourth-order valence-corrected chi connectivity index (χ4v) is 5.09. The maximum atomic E-state index is 12.7. The predicted octanol–water partition coefficient (Wildman–Crippen LogP) is 3.16. The van der Waals surface area contributed by atoms with Crippen molar-refractivity contribution >= 4 is 39.1 Å². The van der Waals surface area contributed by atoms with Crippen LogP contribution in [0, 0.1) is 12.8 Å². The van der Waals surface area contributed by atoms with Crippen LogP contribution in [0.5, 0.6) is 0 Å². The Hall–Kier alpha value is -2.32. The minimum absolute atomic E-state index is 0.109. The highest BCUT2D eigenvalue weighted by Crippen LogP contribution is 2.34. The summed E-state index contributed by atoms with van der Waals surface area (Å²) in [5.41, 5.74) is 2.60. The molecule has 0 spiro atoms. The van der Waals surface area contributed by atoms with Crippen LogP contribution < -0.4 is 10.6 Å². The summed E-state index contributed by atoms with van der Waals surface area (Å²) in [6.45, 7) is 4.18. The minimum atomic E-state index is -3.64. The number of fused-ring (bicyclic) bond motifs is 1. The Labute approximate surface area is 175 Å². The zero-order valence-electron chi connectivity index (χ0n) is 16.4. The lowest BCUT2D eigenvalue weighted by Crippen LogP contribution is -2.25. The predicted molar refractivity (Wildman–Crippen MR) is 115 cm³/mol. The van der Waals surface area contributed by atoms with Gasteiger partial charge >= 0.3 is 0 Å². The van der Waals surface area contributed by atoms with Crippen molar-refractivity contribution in [2.45, 2.75) is 36.6 Å². The van der Waals surface area contributed by atoms with Gasteiger partial charge in [0.25, 0.3) is 0 Å². The summed E-state index contributed by atoms with van der Waals surface area (Å²) in [6.07, 6.45) is -0.122. The highest BCUT2D eigenvalue weighted by atomic mass is 32.2. The van der Waals surface area contributed by atoms with Gasteiger partial charge in [0.15, 0.2) is 9.84 Å². The van der Waals surface area contributed by atoms with Gasteiger partial charge in [-0.15, -0.1) is 11.8 Å². The van der Waals surface area contributed by atoms with Crippen LogP contribution in [0.4, 0.5) is 5.69 Å². The molecule has 0 radical (unpaired) electrons. The lowest BCUT2D eigenvalue weighted by molar-refractivity contribution is -0.121. The van der Waals surface area contributed by atoms with Crippen LogP contribution in [-0.4, -0.2) is 31.7 Å². The summed E-state index contributed by atoms with van der Waals surface area (Å²) >= 11 is 1.52. The number of sulfone groups is 1. The Morgan fingerprint density at radius 2 is 1.93 bits per heavy atom. The third-order valence-electron chi connectivity index (χ3n) is 4.71. The van der Waals surface area contributed by atoms with Crippen LogP contribution in [0.2, 0.25) is 0 Å². The molecule has 6 nitrogen and oxygen atoms in total. The number of rotatable bonds is 6. The van der Waals surface area contributed by atoms with Crippen LogP contribution in [0.15, 0.2) is 52.3 Å². The summed E-state index contributed by atoms with van der Waals surface area (Å²) < 4.78 is 25.3. The molecule has 1 aliphatic heterocycles. The van der Waals surface area contributed by atoms with E-state index < -0.39 is 9.84 Å². The Morgan fingerprint density at radius 1 is 1.21 bits per heavy atom. The molecule has 0 aromatic heterocycles. The Morgan fingerprint density at radius 3 is 2.66 bits per heavy atom. The monoisotopic (exact) mass is 432 g/mol. The molecule has 0 aliphatic carbocycles. The Bertz CT molecular complexity index is 1020. The van der Waals surface area contributed by atoms with Crippen LogP contribution in [0.3, 0.4) is 0 Å². The molecule has 0 saturated heterocycles. The van der Waals surface area contributed by atoms with Crippen molar-refractivity contribution in [3.8, 4) is 0 Å². The third-order valence-corrected chi connectivity index (χ3v) is 7.76. The lowest BCUT2D eigenvalue weighted by atomic mass is 10.1. The van der Waals surface area contributed by atoms with Gasteiger partial charge in [0.1, 0.15) is 0 Å². The summed E-state index contributed by atoms with van der Waals surface area (Å²) in [6, 6.07) is 12.5. The molecule has 1 aliphatic rings. The second-order valence-electron chi connectivity index (χ2n) is 7.19. The molecule has 0 bridgehead atoms. The topological polar surface area (TPSA) is 92.3 Å². The average molecular weight is 433 g/mol. The van der Waals surface area contributed by atoms with Crippen molar-refractivity contribution in [2.24, 2.45) is 5.92 Å². The van der Waals surface area contributed by atoms with E-state index in [0.29, 0.717) is 18.0 Å². The number of hydrogen-bond acceptors (Lipinski definition) is 5. The lowest BCUT2D eigenvalue weighted by Gasteiger charge is -2.10. The Balaban J connectivity index is 1.61. The molecule has 1 heterocycles. The molecular weight excluding hydrogens is 408 g/mol. The molecule has 2 N–H and O–H groups in total. The fraction of sp³-hybridized carbons (Fsp3) is 0.333. The molecule has 1 atom stereocenters. The first-order chi connectivity index (χ1) is 13.7. The molecule has 2 aromatic rings. The van der Waals surface area contributed by atoms with Gasteiger partial charge in [-0.25, -0.2) is 8.42 Å². The summed E-state index contributed by atoms with van der Waals surface area (Å²) in [4.78, 5) is 25.1. The molecule has 154 valence electrons. The van der Waals surface area contributed by atoms with E-state index in [1.54, 1.807) is 6.07 Å². The number of benzene rings is 2. The van der Waals surface area contributed by atoms with Crippen LogP contribution >= 0.6 is 11.8 Å². The van der Waals surface area contributed by atoms with Gasteiger partial charge in [-0.1, -0.05) is 36.8 Å². The van der Waals surface area contributed by atoms with Crippen LogP contribution in [0.1, 0.15) is 24.5 Å². The van der Waals surface area contributed by atoms with Crippen molar-refractivity contribution in [1.29, 1.82) is 0 Å². The molecule has 0 saturated carbocycles. The van der Waals surface area contributed by atoms with Crippen LogP contribution in [-0.2, 0) is 26.0 Å². The number of carbonyl (C=O) groups excluding carboxylic acids is 2. The normalized spacial score (nSPS) is 16.5. The third kappa shape index (κ3) is 5.61. The standard InChI is InChI=1S/C21H24N2O4S2/c1-14-3-5-16(6-4-14)12-22-20(24)9-10-29(26,27)17-7-8-19-18(11-17)23-21(25)15(2)13-28-19/h3-8,11,15H,9-10,12-13H2,1-2H3,(H,22,24)(H,23,25)/t15-/m0/s1. The van der Waals surface area contributed by atoms with Crippen molar-refractivity contribution < 1.29 is 18.0 Å². The molecule has 0 fully saturated rings. The fourth-order valence-electron chi connectivity index (χ4n) is 2.81. The number of carbonyl (C=O) groups is 2. The highest BCUT2D eigenvalue weighted by molar-refractivity contribution is 7.99. The average Bonchev–Trinajstić information content (AvgIpc) is 2.84. The van der Waals surface area contributed by atoms with E-state index in [2.05, 4.69) is 10.6 Å². The van der Waals surface area contributed by atoms with E-state index in [1.165, 1.54) is 23.9 Å². The quantitative estimate of drug-likeness (QED) is 0.732. The highest BCUT2D eigenvalue weighted by Gasteiger charge is 2.23. The number of nitrogens with one attached hydrogen (secondary N) is 2. The van der Waals surface area contributed by atoms with Gasteiger partial charge in [0.05, 0.1) is 16.3 Å². The molecule has 2 aromatic carbocycles. The number of hydrogen-bond donors (Lipinski definition) is 2. The molecular formula is C21H24N2O4S2. The van der Waals surface area contributed by atoms with E-state index in [4.69, 9.17) is 0 Å². The number of aryl methyl sites for hydroxylation is 1. The summed E-state index contributed by atoms with van der Waals surface area (Å²) in [5.74, 6) is -0.234. The van der Waals surface area contributed by atoms with Gasteiger partial charge in [-0.2, -0.15) is 0 Å². The SMILES string of the molecule is Cc1ccc(CNC(=O)CCS(=O)(=O)c2ccc3c(c2)NC(=O)[C@@H](C)CS3)cc1. The van der Waals surface area contributed by atoms with Crippen molar-refractivity contribution in [3.05, 3.63) is 53.6 Å². The van der Waals surface area contributed by atoms with E-state index >= 15 is 0 Å². The number of thioether (sulfide) groups is 1. The first kappa shape index (κ1) is 21.4. The number of amides is 2. The van der Waals surface area contributed by atoms with Crippen molar-refractivity contribution in [2.75, 3.05) is 16.8 Å². The van der Waals surface area contributed by atoms with E-state index in [0.717, 1.165) is 16.0 Å². The van der Waals surface area contributed by atoms with E-state index in [-0.39, 0.29) is 34.8 Å². The summed E-state index contributed by atoms with van der Waals surface area (Å²) in [5, 5.41) is 5.54. The molecule has 2 amide bonds. The second-order valence-corrected chi connectivity index (χ2v) is 10.4. The minimum Gasteiger partial charge on any atom is -0.352 e. The van der Waals surface area contributed by atoms with Gasteiger partial charge in [0.2, 0.25) is 11.8 Å². The molecule has 3 rings (SSSR count). The maximum Gasteiger partial charge on any atom is 0.228 e.